The Morgan fingerprint density at radius 1 is 1.22 bits per heavy atom. The quantitative estimate of drug-likeness (QED) is 0.917. The number of aromatic nitrogens is 1. The van der Waals surface area contributed by atoms with Gasteiger partial charge in [-0.05, 0) is 29.3 Å². The fourth-order valence-corrected chi connectivity index (χ4v) is 3.05. The van der Waals surface area contributed by atoms with Crippen molar-refractivity contribution in [1.82, 2.24) is 15.2 Å². The SMILES string of the molecule is COc1ccc(CN2CCNCC2c2cccnc2)cc1OC. The van der Waals surface area contributed by atoms with Gasteiger partial charge in [-0.2, -0.15) is 0 Å². The average molecular weight is 313 g/mol. The Morgan fingerprint density at radius 3 is 2.83 bits per heavy atom. The van der Waals surface area contributed by atoms with Crippen LogP contribution < -0.4 is 14.8 Å². The molecule has 0 radical (unpaired) electrons. The molecule has 1 unspecified atom stereocenters. The summed E-state index contributed by atoms with van der Waals surface area (Å²) < 4.78 is 10.7. The molecule has 1 aromatic heterocycles. The van der Waals surface area contributed by atoms with Crippen molar-refractivity contribution in [1.29, 1.82) is 0 Å². The number of pyridine rings is 1. The lowest BCUT2D eigenvalue weighted by molar-refractivity contribution is 0.153. The molecule has 1 aromatic carbocycles. The minimum absolute atomic E-state index is 0.338. The Morgan fingerprint density at radius 2 is 2.09 bits per heavy atom. The van der Waals surface area contributed by atoms with Gasteiger partial charge >= 0.3 is 0 Å². The fourth-order valence-electron chi connectivity index (χ4n) is 3.05. The summed E-state index contributed by atoms with van der Waals surface area (Å²) in [5.74, 6) is 1.54. The Bertz CT molecular complexity index is 633. The van der Waals surface area contributed by atoms with E-state index < -0.39 is 0 Å². The van der Waals surface area contributed by atoms with Crippen LogP contribution in [0.1, 0.15) is 17.2 Å². The van der Waals surface area contributed by atoms with Crippen molar-refractivity contribution >= 4 is 0 Å². The first-order valence-corrected chi connectivity index (χ1v) is 7.87. The number of ether oxygens (including phenoxy) is 2. The molecule has 0 amide bonds. The number of hydrogen-bond donors (Lipinski definition) is 1. The van der Waals surface area contributed by atoms with Gasteiger partial charge in [0.1, 0.15) is 0 Å². The standard InChI is InChI=1S/C18H23N3O2/c1-22-17-6-5-14(10-18(17)23-2)13-21-9-8-20-12-16(21)15-4-3-7-19-11-15/h3-7,10-11,16,20H,8-9,12-13H2,1-2H3. The van der Waals surface area contributed by atoms with Gasteiger partial charge in [-0.3, -0.25) is 9.88 Å². The van der Waals surface area contributed by atoms with Gasteiger partial charge in [0.15, 0.2) is 11.5 Å². The first kappa shape index (κ1) is 15.8. The third-order valence-electron chi connectivity index (χ3n) is 4.26. The fraction of sp³-hybridized carbons (Fsp3) is 0.389. The summed E-state index contributed by atoms with van der Waals surface area (Å²) in [5.41, 5.74) is 2.47. The lowest BCUT2D eigenvalue weighted by Gasteiger charge is -2.36. The number of benzene rings is 1. The first-order valence-electron chi connectivity index (χ1n) is 7.87. The highest BCUT2D eigenvalue weighted by Gasteiger charge is 2.24. The van der Waals surface area contributed by atoms with E-state index in [0.29, 0.717) is 6.04 Å². The van der Waals surface area contributed by atoms with Crippen LogP contribution in [0.15, 0.2) is 42.7 Å². The molecule has 3 rings (SSSR count). The topological polar surface area (TPSA) is 46.6 Å². The summed E-state index contributed by atoms with van der Waals surface area (Å²) in [5, 5.41) is 3.48. The monoisotopic (exact) mass is 313 g/mol. The number of piperazine rings is 1. The predicted molar refractivity (Wildman–Crippen MR) is 89.8 cm³/mol. The van der Waals surface area contributed by atoms with E-state index in [0.717, 1.165) is 37.7 Å². The number of nitrogens with one attached hydrogen (secondary N) is 1. The zero-order valence-corrected chi connectivity index (χ0v) is 13.7. The van der Waals surface area contributed by atoms with E-state index in [4.69, 9.17) is 9.47 Å². The number of nitrogens with zero attached hydrogens (tertiary/aromatic N) is 2. The second-order valence-electron chi connectivity index (χ2n) is 5.67. The normalized spacial score (nSPS) is 18.6. The number of rotatable bonds is 5. The summed E-state index contributed by atoms with van der Waals surface area (Å²) in [7, 11) is 3.33. The highest BCUT2D eigenvalue weighted by Crippen LogP contribution is 2.30. The molecule has 0 spiro atoms. The summed E-state index contributed by atoms with van der Waals surface area (Å²) in [4.78, 5) is 6.74. The molecule has 1 aliphatic rings. The molecule has 1 N–H and O–H groups in total. The zero-order valence-electron chi connectivity index (χ0n) is 13.7. The molecule has 5 heteroatoms. The van der Waals surface area contributed by atoms with Gasteiger partial charge in [0.2, 0.25) is 0 Å². The number of methoxy groups -OCH3 is 2. The Hall–Kier alpha value is -2.11. The highest BCUT2D eigenvalue weighted by atomic mass is 16.5. The van der Waals surface area contributed by atoms with Crippen molar-refractivity contribution < 1.29 is 9.47 Å². The molecule has 0 bridgehead atoms. The van der Waals surface area contributed by atoms with Crippen molar-refractivity contribution in [2.75, 3.05) is 33.9 Å². The van der Waals surface area contributed by atoms with Gasteiger partial charge in [-0.25, -0.2) is 0 Å². The van der Waals surface area contributed by atoms with E-state index in [-0.39, 0.29) is 0 Å². The van der Waals surface area contributed by atoms with Crippen LogP contribution in [0, 0.1) is 0 Å². The van der Waals surface area contributed by atoms with Crippen LogP contribution in [0.5, 0.6) is 11.5 Å². The highest BCUT2D eigenvalue weighted by molar-refractivity contribution is 5.42. The van der Waals surface area contributed by atoms with Crippen molar-refractivity contribution in [2.24, 2.45) is 0 Å². The van der Waals surface area contributed by atoms with E-state index in [9.17, 15) is 0 Å². The molecule has 1 atom stereocenters. The van der Waals surface area contributed by atoms with Crippen LogP contribution in [0.25, 0.3) is 0 Å². The third kappa shape index (κ3) is 3.63. The maximum Gasteiger partial charge on any atom is 0.161 e. The van der Waals surface area contributed by atoms with E-state index in [2.05, 4.69) is 33.4 Å². The minimum atomic E-state index is 0.338. The van der Waals surface area contributed by atoms with Gasteiger partial charge in [-0.1, -0.05) is 12.1 Å². The molecule has 2 aromatic rings. The molecule has 1 saturated heterocycles. The molecule has 1 fully saturated rings. The Balaban J connectivity index is 1.79. The summed E-state index contributed by atoms with van der Waals surface area (Å²) in [6.07, 6.45) is 3.78. The van der Waals surface area contributed by atoms with Crippen LogP contribution in [0.2, 0.25) is 0 Å². The van der Waals surface area contributed by atoms with Crippen LogP contribution in [-0.4, -0.2) is 43.7 Å². The molecule has 0 saturated carbocycles. The van der Waals surface area contributed by atoms with Gasteiger partial charge in [0.25, 0.3) is 0 Å². The maximum atomic E-state index is 5.41. The van der Waals surface area contributed by atoms with Crippen molar-refractivity contribution in [3.63, 3.8) is 0 Å². The molecule has 1 aliphatic heterocycles. The van der Waals surface area contributed by atoms with Crippen molar-refractivity contribution in [3.8, 4) is 11.5 Å². The maximum absolute atomic E-state index is 5.41. The first-order chi connectivity index (χ1) is 11.3. The van der Waals surface area contributed by atoms with E-state index in [1.165, 1.54) is 11.1 Å². The van der Waals surface area contributed by atoms with Gasteiger partial charge in [-0.15, -0.1) is 0 Å². The van der Waals surface area contributed by atoms with E-state index in [1.54, 1.807) is 14.2 Å². The zero-order chi connectivity index (χ0) is 16.1. The van der Waals surface area contributed by atoms with Crippen LogP contribution in [0.4, 0.5) is 0 Å². The molecule has 5 nitrogen and oxygen atoms in total. The largest absolute Gasteiger partial charge is 0.493 e. The molecule has 23 heavy (non-hydrogen) atoms. The summed E-state index contributed by atoms with van der Waals surface area (Å²) in [6.45, 7) is 3.83. The molecular weight excluding hydrogens is 290 g/mol. The van der Waals surface area contributed by atoms with Crippen LogP contribution >= 0.6 is 0 Å². The van der Waals surface area contributed by atoms with Crippen LogP contribution in [0.3, 0.4) is 0 Å². The van der Waals surface area contributed by atoms with Crippen molar-refractivity contribution in [3.05, 3.63) is 53.9 Å². The van der Waals surface area contributed by atoms with Gasteiger partial charge in [0.05, 0.1) is 14.2 Å². The molecule has 122 valence electrons. The lowest BCUT2D eigenvalue weighted by atomic mass is 10.0. The van der Waals surface area contributed by atoms with Crippen molar-refractivity contribution in [2.45, 2.75) is 12.6 Å². The summed E-state index contributed by atoms with van der Waals surface area (Å²) >= 11 is 0. The molecule has 0 aliphatic carbocycles. The average Bonchev–Trinajstić information content (AvgIpc) is 2.63. The number of hydrogen-bond acceptors (Lipinski definition) is 5. The van der Waals surface area contributed by atoms with E-state index in [1.807, 2.05) is 24.5 Å². The second-order valence-corrected chi connectivity index (χ2v) is 5.67. The lowest BCUT2D eigenvalue weighted by Crippen LogP contribution is -2.45. The second kappa shape index (κ2) is 7.44. The predicted octanol–water partition coefficient (Wildman–Crippen LogP) is 2.25. The molecule has 2 heterocycles. The van der Waals surface area contributed by atoms with Crippen LogP contribution in [-0.2, 0) is 6.54 Å². The third-order valence-corrected chi connectivity index (χ3v) is 4.26. The minimum Gasteiger partial charge on any atom is -0.493 e. The smallest absolute Gasteiger partial charge is 0.161 e. The Labute approximate surface area is 137 Å². The molecular formula is C18H23N3O2. The Kier molecular flexibility index (Phi) is 5.10. The van der Waals surface area contributed by atoms with E-state index >= 15 is 0 Å². The van der Waals surface area contributed by atoms with Gasteiger partial charge < -0.3 is 14.8 Å². The van der Waals surface area contributed by atoms with Gasteiger partial charge in [0, 0.05) is 44.6 Å². The summed E-state index contributed by atoms with van der Waals surface area (Å²) in [6, 6.07) is 10.6.